The molecule has 0 saturated heterocycles. The van der Waals surface area contributed by atoms with Gasteiger partial charge in [-0.15, -0.1) is 0 Å². The van der Waals surface area contributed by atoms with Gasteiger partial charge in [-0.05, 0) is 12.5 Å². The molecule has 4 nitrogen and oxygen atoms in total. The van der Waals surface area contributed by atoms with Gasteiger partial charge in [-0.2, -0.15) is 0 Å². The molecule has 0 unspecified atom stereocenters. The van der Waals surface area contributed by atoms with Gasteiger partial charge >= 0.3 is 0 Å². The second kappa shape index (κ2) is 4.28. The van der Waals surface area contributed by atoms with Gasteiger partial charge in [0.2, 0.25) is 0 Å². The van der Waals surface area contributed by atoms with E-state index >= 15 is 0 Å². The molecule has 0 bridgehead atoms. The summed E-state index contributed by atoms with van der Waals surface area (Å²) < 4.78 is 0. The fraction of sp³-hybridized carbons (Fsp3) is 0.167. The number of aryl methyl sites for hydroxylation is 1. The maximum atomic E-state index is 11.3. The largest absolute Gasteiger partial charge is 0.392 e. The maximum Gasteiger partial charge on any atom is 0.251 e. The van der Waals surface area contributed by atoms with Crippen molar-refractivity contribution >= 4 is 0 Å². The Hall–Kier alpha value is -1.94. The Morgan fingerprint density at radius 3 is 2.56 bits per heavy atom. The molecule has 0 aliphatic rings. The van der Waals surface area contributed by atoms with Gasteiger partial charge in [-0.25, -0.2) is 4.98 Å². The third kappa shape index (κ3) is 2.17. The lowest BCUT2D eigenvalue weighted by molar-refractivity contribution is 0.282. The van der Waals surface area contributed by atoms with E-state index < -0.39 is 0 Å². The average molecular weight is 216 g/mol. The number of aliphatic hydroxyl groups excluding tert-OH is 1. The fourth-order valence-electron chi connectivity index (χ4n) is 1.48. The predicted octanol–water partition coefficient (Wildman–Crippen LogP) is 1.24. The standard InChI is InChI=1S/C12H12N2O2/c1-8-6-11(16)14-12(13-8)10-4-2-9(7-15)3-5-10/h2-6,15H,7H2,1H3,(H,13,14,16). The van der Waals surface area contributed by atoms with Crippen LogP contribution < -0.4 is 5.56 Å². The zero-order chi connectivity index (χ0) is 11.5. The molecule has 0 aliphatic heterocycles. The molecular weight excluding hydrogens is 204 g/mol. The predicted molar refractivity (Wildman–Crippen MR) is 61.0 cm³/mol. The van der Waals surface area contributed by atoms with Crippen LogP contribution in [-0.4, -0.2) is 15.1 Å². The molecule has 2 aromatic rings. The lowest BCUT2D eigenvalue weighted by atomic mass is 10.1. The van der Waals surface area contributed by atoms with Gasteiger partial charge in [-0.3, -0.25) is 4.79 Å². The Balaban J connectivity index is 2.46. The van der Waals surface area contributed by atoms with Crippen LogP contribution in [0.25, 0.3) is 11.4 Å². The number of hydrogen-bond donors (Lipinski definition) is 2. The monoisotopic (exact) mass is 216 g/mol. The van der Waals surface area contributed by atoms with Gasteiger partial charge in [0.1, 0.15) is 5.82 Å². The molecule has 2 N–H and O–H groups in total. The van der Waals surface area contributed by atoms with Crippen molar-refractivity contribution in [3.05, 3.63) is 51.9 Å². The van der Waals surface area contributed by atoms with Gasteiger partial charge in [0, 0.05) is 17.3 Å². The number of benzene rings is 1. The highest BCUT2D eigenvalue weighted by Crippen LogP contribution is 2.14. The zero-order valence-corrected chi connectivity index (χ0v) is 8.90. The number of aromatic nitrogens is 2. The van der Waals surface area contributed by atoms with Crippen LogP contribution in [0, 0.1) is 6.92 Å². The van der Waals surface area contributed by atoms with E-state index in [1.54, 1.807) is 19.1 Å². The molecule has 0 spiro atoms. The molecule has 1 heterocycles. The second-order valence-electron chi connectivity index (χ2n) is 3.59. The molecule has 0 saturated carbocycles. The lowest BCUT2D eigenvalue weighted by Crippen LogP contribution is -2.08. The number of aliphatic hydroxyl groups is 1. The first kappa shape index (κ1) is 10.6. The summed E-state index contributed by atoms with van der Waals surface area (Å²) in [6.45, 7) is 1.79. The first-order valence-corrected chi connectivity index (χ1v) is 4.97. The summed E-state index contributed by atoms with van der Waals surface area (Å²) in [5.74, 6) is 0.550. The minimum absolute atomic E-state index is 0.0120. The number of nitrogens with zero attached hydrogens (tertiary/aromatic N) is 1. The van der Waals surface area contributed by atoms with E-state index in [0.29, 0.717) is 11.5 Å². The van der Waals surface area contributed by atoms with Crippen LogP contribution in [0.4, 0.5) is 0 Å². The highest BCUT2D eigenvalue weighted by molar-refractivity contribution is 5.55. The van der Waals surface area contributed by atoms with Crippen LogP contribution in [0.3, 0.4) is 0 Å². The molecule has 82 valence electrons. The number of aromatic amines is 1. The Labute approximate surface area is 92.6 Å². The van der Waals surface area contributed by atoms with Crippen LogP contribution in [0.2, 0.25) is 0 Å². The summed E-state index contributed by atoms with van der Waals surface area (Å²) in [6, 6.07) is 8.70. The van der Waals surface area contributed by atoms with Gasteiger partial charge in [0.15, 0.2) is 0 Å². The smallest absolute Gasteiger partial charge is 0.251 e. The molecule has 16 heavy (non-hydrogen) atoms. The molecule has 4 heteroatoms. The first-order chi connectivity index (χ1) is 7.69. The minimum atomic E-state index is -0.159. The normalized spacial score (nSPS) is 10.4. The van der Waals surface area contributed by atoms with Crippen LogP contribution in [-0.2, 0) is 6.61 Å². The summed E-state index contributed by atoms with van der Waals surface area (Å²) >= 11 is 0. The maximum absolute atomic E-state index is 11.3. The molecule has 0 aliphatic carbocycles. The van der Waals surface area contributed by atoms with E-state index in [1.807, 2.05) is 12.1 Å². The summed E-state index contributed by atoms with van der Waals surface area (Å²) in [5.41, 5.74) is 2.19. The minimum Gasteiger partial charge on any atom is -0.392 e. The Bertz CT molecular complexity index is 544. The SMILES string of the molecule is Cc1cc(=O)[nH]c(-c2ccc(CO)cc2)n1. The molecule has 1 aromatic carbocycles. The van der Waals surface area contributed by atoms with Crippen molar-refractivity contribution in [3.8, 4) is 11.4 Å². The number of nitrogens with one attached hydrogen (secondary N) is 1. The Morgan fingerprint density at radius 2 is 2.00 bits per heavy atom. The molecule has 0 radical (unpaired) electrons. The van der Waals surface area contributed by atoms with E-state index in [1.165, 1.54) is 6.07 Å². The van der Waals surface area contributed by atoms with Crippen LogP contribution in [0.5, 0.6) is 0 Å². The molecule has 1 aromatic heterocycles. The van der Waals surface area contributed by atoms with Gasteiger partial charge in [-0.1, -0.05) is 24.3 Å². The van der Waals surface area contributed by atoms with Crippen molar-refractivity contribution < 1.29 is 5.11 Å². The quantitative estimate of drug-likeness (QED) is 0.793. The van der Waals surface area contributed by atoms with E-state index in [-0.39, 0.29) is 12.2 Å². The van der Waals surface area contributed by atoms with E-state index in [0.717, 1.165) is 11.1 Å². The lowest BCUT2D eigenvalue weighted by Gasteiger charge is -2.02. The summed E-state index contributed by atoms with van der Waals surface area (Å²) in [7, 11) is 0. The van der Waals surface area contributed by atoms with Gasteiger partial charge in [0.05, 0.1) is 6.61 Å². The van der Waals surface area contributed by atoms with Crippen molar-refractivity contribution in [1.82, 2.24) is 9.97 Å². The number of rotatable bonds is 2. The molecular formula is C12H12N2O2. The van der Waals surface area contributed by atoms with Crippen molar-refractivity contribution in [1.29, 1.82) is 0 Å². The van der Waals surface area contributed by atoms with Gasteiger partial charge < -0.3 is 10.1 Å². The van der Waals surface area contributed by atoms with Crippen molar-refractivity contribution in [2.75, 3.05) is 0 Å². The summed E-state index contributed by atoms with van der Waals surface area (Å²) in [6.07, 6.45) is 0. The zero-order valence-electron chi connectivity index (χ0n) is 8.90. The Kier molecular flexibility index (Phi) is 2.83. The van der Waals surface area contributed by atoms with Gasteiger partial charge in [0.25, 0.3) is 5.56 Å². The van der Waals surface area contributed by atoms with Crippen molar-refractivity contribution in [2.45, 2.75) is 13.5 Å². The highest BCUT2D eigenvalue weighted by atomic mass is 16.3. The third-order valence-electron chi connectivity index (χ3n) is 2.28. The van der Waals surface area contributed by atoms with E-state index in [9.17, 15) is 4.79 Å². The van der Waals surface area contributed by atoms with E-state index in [4.69, 9.17) is 5.11 Å². The molecule has 2 rings (SSSR count). The number of hydrogen-bond acceptors (Lipinski definition) is 3. The molecule has 0 fully saturated rings. The topological polar surface area (TPSA) is 66.0 Å². The first-order valence-electron chi connectivity index (χ1n) is 4.97. The number of H-pyrrole nitrogens is 1. The van der Waals surface area contributed by atoms with Crippen molar-refractivity contribution in [3.63, 3.8) is 0 Å². The summed E-state index contributed by atoms with van der Waals surface area (Å²) in [5, 5.41) is 8.91. The fourth-order valence-corrected chi connectivity index (χ4v) is 1.48. The van der Waals surface area contributed by atoms with Crippen molar-refractivity contribution in [2.24, 2.45) is 0 Å². The highest BCUT2D eigenvalue weighted by Gasteiger charge is 2.01. The molecule has 0 atom stereocenters. The second-order valence-corrected chi connectivity index (χ2v) is 3.59. The van der Waals surface area contributed by atoms with Crippen LogP contribution in [0.1, 0.15) is 11.3 Å². The summed E-state index contributed by atoms with van der Waals surface area (Å²) in [4.78, 5) is 18.2. The average Bonchev–Trinajstić information content (AvgIpc) is 2.28. The van der Waals surface area contributed by atoms with E-state index in [2.05, 4.69) is 9.97 Å². The third-order valence-corrected chi connectivity index (χ3v) is 2.28. The van der Waals surface area contributed by atoms with Crippen LogP contribution >= 0.6 is 0 Å². The van der Waals surface area contributed by atoms with Crippen LogP contribution in [0.15, 0.2) is 35.1 Å². The molecule has 0 amide bonds. The Morgan fingerprint density at radius 1 is 1.31 bits per heavy atom.